The molecule has 0 aromatic carbocycles. The average molecular weight is 251 g/mol. The van der Waals surface area contributed by atoms with Crippen LogP contribution in [0, 0.1) is 12.8 Å². The maximum Gasteiger partial charge on any atom is 0.0597 e. The standard InChI is InChI=1S/C15H29N3/c1-6-9-12(4)15(16-10-7-2)14-11-13(5)17-18(14)8-3/h11-12,15-16H,6-10H2,1-5H3. The monoisotopic (exact) mass is 251 g/mol. The van der Waals surface area contributed by atoms with Gasteiger partial charge in [0.2, 0.25) is 0 Å². The van der Waals surface area contributed by atoms with E-state index in [1.165, 1.54) is 25.0 Å². The molecular weight excluding hydrogens is 222 g/mol. The van der Waals surface area contributed by atoms with E-state index in [1.54, 1.807) is 0 Å². The van der Waals surface area contributed by atoms with Crippen molar-refractivity contribution in [3.63, 3.8) is 0 Å². The van der Waals surface area contributed by atoms with Gasteiger partial charge in [0.25, 0.3) is 0 Å². The van der Waals surface area contributed by atoms with Gasteiger partial charge < -0.3 is 5.32 Å². The zero-order chi connectivity index (χ0) is 13.5. The summed E-state index contributed by atoms with van der Waals surface area (Å²) in [6.07, 6.45) is 3.68. The lowest BCUT2D eigenvalue weighted by atomic mass is 9.94. The normalized spacial score (nSPS) is 14.7. The molecule has 0 saturated carbocycles. The van der Waals surface area contributed by atoms with Gasteiger partial charge in [-0.1, -0.05) is 27.2 Å². The molecule has 3 nitrogen and oxygen atoms in total. The number of hydrogen-bond acceptors (Lipinski definition) is 2. The van der Waals surface area contributed by atoms with Crippen LogP contribution in [0.2, 0.25) is 0 Å². The number of rotatable bonds is 8. The molecule has 2 atom stereocenters. The van der Waals surface area contributed by atoms with Crippen LogP contribution in [0.3, 0.4) is 0 Å². The van der Waals surface area contributed by atoms with Gasteiger partial charge >= 0.3 is 0 Å². The van der Waals surface area contributed by atoms with Gasteiger partial charge in [-0.3, -0.25) is 4.68 Å². The van der Waals surface area contributed by atoms with Crippen LogP contribution >= 0.6 is 0 Å². The summed E-state index contributed by atoms with van der Waals surface area (Å²) in [7, 11) is 0. The van der Waals surface area contributed by atoms with Crippen LogP contribution in [0.15, 0.2) is 6.07 Å². The first-order valence-electron chi connectivity index (χ1n) is 7.41. The Hall–Kier alpha value is -0.830. The Bertz CT molecular complexity index is 344. The molecule has 1 aromatic heterocycles. The fourth-order valence-corrected chi connectivity index (χ4v) is 2.59. The van der Waals surface area contributed by atoms with Crippen molar-refractivity contribution >= 4 is 0 Å². The number of nitrogens with one attached hydrogen (secondary N) is 1. The van der Waals surface area contributed by atoms with E-state index < -0.39 is 0 Å². The van der Waals surface area contributed by atoms with E-state index in [-0.39, 0.29) is 0 Å². The summed E-state index contributed by atoms with van der Waals surface area (Å²) < 4.78 is 2.15. The van der Waals surface area contributed by atoms with Crippen LogP contribution in [0.25, 0.3) is 0 Å². The molecule has 18 heavy (non-hydrogen) atoms. The molecule has 0 aliphatic rings. The SMILES string of the molecule is CCCNC(c1cc(C)nn1CC)C(C)CCC. The summed E-state index contributed by atoms with van der Waals surface area (Å²) in [5, 5.41) is 8.27. The second kappa shape index (κ2) is 7.57. The minimum Gasteiger partial charge on any atom is -0.308 e. The molecule has 0 aliphatic heterocycles. The maximum absolute atomic E-state index is 4.58. The topological polar surface area (TPSA) is 29.9 Å². The molecule has 1 aromatic rings. The third kappa shape index (κ3) is 3.84. The number of nitrogens with zero attached hydrogens (tertiary/aromatic N) is 2. The van der Waals surface area contributed by atoms with Gasteiger partial charge in [-0.2, -0.15) is 5.10 Å². The zero-order valence-corrected chi connectivity index (χ0v) is 12.7. The van der Waals surface area contributed by atoms with Gasteiger partial charge in [0.05, 0.1) is 17.4 Å². The molecule has 0 radical (unpaired) electrons. The summed E-state index contributed by atoms with van der Waals surface area (Å²) in [6, 6.07) is 2.68. The minimum atomic E-state index is 0.436. The highest BCUT2D eigenvalue weighted by Gasteiger charge is 2.21. The quantitative estimate of drug-likeness (QED) is 0.763. The maximum atomic E-state index is 4.58. The smallest absolute Gasteiger partial charge is 0.0597 e. The van der Waals surface area contributed by atoms with Gasteiger partial charge in [-0.15, -0.1) is 0 Å². The lowest BCUT2D eigenvalue weighted by Gasteiger charge is -2.25. The first-order valence-corrected chi connectivity index (χ1v) is 7.41. The molecule has 104 valence electrons. The van der Waals surface area contributed by atoms with Crippen LogP contribution in [0.4, 0.5) is 0 Å². The molecule has 0 amide bonds. The fourth-order valence-electron chi connectivity index (χ4n) is 2.59. The third-order valence-electron chi connectivity index (χ3n) is 3.48. The largest absolute Gasteiger partial charge is 0.308 e. The third-order valence-corrected chi connectivity index (χ3v) is 3.48. The van der Waals surface area contributed by atoms with Crippen LogP contribution in [0.1, 0.15) is 64.4 Å². The Morgan fingerprint density at radius 3 is 2.56 bits per heavy atom. The fraction of sp³-hybridized carbons (Fsp3) is 0.800. The second-order valence-corrected chi connectivity index (χ2v) is 5.22. The van der Waals surface area contributed by atoms with Gasteiger partial charge in [0, 0.05) is 6.54 Å². The van der Waals surface area contributed by atoms with E-state index in [0.29, 0.717) is 12.0 Å². The molecule has 0 aliphatic carbocycles. The van der Waals surface area contributed by atoms with Crippen molar-refractivity contribution in [1.29, 1.82) is 0 Å². The van der Waals surface area contributed by atoms with E-state index >= 15 is 0 Å². The minimum absolute atomic E-state index is 0.436. The molecule has 1 heterocycles. The first kappa shape index (κ1) is 15.2. The molecule has 0 spiro atoms. The average Bonchev–Trinajstić information content (AvgIpc) is 2.71. The van der Waals surface area contributed by atoms with E-state index in [9.17, 15) is 0 Å². The van der Waals surface area contributed by atoms with E-state index in [4.69, 9.17) is 0 Å². The Kier molecular flexibility index (Phi) is 6.41. The van der Waals surface area contributed by atoms with Gasteiger partial charge in [-0.05, 0) is 45.2 Å². The Morgan fingerprint density at radius 2 is 2.00 bits per heavy atom. The summed E-state index contributed by atoms with van der Waals surface area (Å²) >= 11 is 0. The van der Waals surface area contributed by atoms with Crippen molar-refractivity contribution in [2.75, 3.05) is 6.54 Å². The molecule has 3 heteroatoms. The highest BCUT2D eigenvalue weighted by Crippen LogP contribution is 2.26. The summed E-state index contributed by atoms with van der Waals surface area (Å²) in [6.45, 7) is 13.1. The Morgan fingerprint density at radius 1 is 1.28 bits per heavy atom. The lowest BCUT2D eigenvalue weighted by Crippen LogP contribution is -2.29. The molecule has 1 N–H and O–H groups in total. The number of aryl methyl sites for hydroxylation is 2. The highest BCUT2D eigenvalue weighted by atomic mass is 15.3. The van der Waals surface area contributed by atoms with Crippen molar-refractivity contribution in [2.24, 2.45) is 5.92 Å². The molecule has 2 unspecified atom stereocenters. The van der Waals surface area contributed by atoms with Crippen molar-refractivity contribution in [1.82, 2.24) is 15.1 Å². The predicted octanol–water partition coefficient (Wildman–Crippen LogP) is 3.69. The first-order chi connectivity index (χ1) is 8.63. The number of aromatic nitrogens is 2. The van der Waals surface area contributed by atoms with Crippen molar-refractivity contribution < 1.29 is 0 Å². The van der Waals surface area contributed by atoms with Crippen LogP contribution < -0.4 is 5.32 Å². The van der Waals surface area contributed by atoms with Gasteiger partial charge in [0.15, 0.2) is 0 Å². The second-order valence-electron chi connectivity index (χ2n) is 5.22. The van der Waals surface area contributed by atoms with Crippen molar-refractivity contribution in [2.45, 2.75) is 66.5 Å². The molecule has 1 rings (SSSR count). The highest BCUT2D eigenvalue weighted by molar-refractivity contribution is 5.14. The lowest BCUT2D eigenvalue weighted by molar-refractivity contribution is 0.343. The van der Waals surface area contributed by atoms with Gasteiger partial charge in [0.1, 0.15) is 0 Å². The summed E-state index contributed by atoms with van der Waals surface area (Å²) in [4.78, 5) is 0. The predicted molar refractivity (Wildman–Crippen MR) is 77.7 cm³/mol. The van der Waals surface area contributed by atoms with Gasteiger partial charge in [-0.25, -0.2) is 0 Å². The Labute approximate surface area is 112 Å². The van der Waals surface area contributed by atoms with Crippen molar-refractivity contribution in [3.05, 3.63) is 17.5 Å². The van der Waals surface area contributed by atoms with Crippen LogP contribution in [-0.4, -0.2) is 16.3 Å². The zero-order valence-electron chi connectivity index (χ0n) is 12.7. The van der Waals surface area contributed by atoms with Crippen LogP contribution in [-0.2, 0) is 6.54 Å². The molecule has 0 saturated heterocycles. The molecular formula is C15H29N3. The Balaban J connectivity index is 2.92. The van der Waals surface area contributed by atoms with Crippen molar-refractivity contribution in [3.8, 4) is 0 Å². The molecule has 0 fully saturated rings. The molecule has 0 bridgehead atoms. The van der Waals surface area contributed by atoms with E-state index in [1.807, 2.05) is 0 Å². The summed E-state index contributed by atoms with van der Waals surface area (Å²) in [5.41, 5.74) is 2.48. The van der Waals surface area contributed by atoms with Crippen LogP contribution in [0.5, 0.6) is 0 Å². The number of hydrogen-bond donors (Lipinski definition) is 1. The van der Waals surface area contributed by atoms with E-state index in [0.717, 1.165) is 18.8 Å². The summed E-state index contributed by atoms with van der Waals surface area (Å²) in [5.74, 6) is 0.656. The van der Waals surface area contributed by atoms with E-state index in [2.05, 4.69) is 55.8 Å².